The Labute approximate surface area is 162 Å². The molecule has 3 N–H and O–H groups in total. The molecule has 0 atom stereocenters. The first-order chi connectivity index (χ1) is 11.2. The Bertz CT molecular complexity index is 544. The van der Waals surface area contributed by atoms with E-state index < -0.39 is 0 Å². The van der Waals surface area contributed by atoms with E-state index in [1.54, 1.807) is 0 Å². The van der Waals surface area contributed by atoms with Crippen molar-refractivity contribution < 1.29 is 4.79 Å². The molecule has 1 fully saturated rings. The monoisotopic (exact) mass is 444 g/mol. The van der Waals surface area contributed by atoms with Crippen molar-refractivity contribution in [2.75, 3.05) is 18.4 Å². The lowest BCUT2D eigenvalue weighted by atomic mass is 10.2. The number of halogens is 1. The van der Waals surface area contributed by atoms with Crippen LogP contribution < -0.4 is 16.0 Å². The van der Waals surface area contributed by atoms with E-state index in [4.69, 9.17) is 0 Å². The summed E-state index contributed by atoms with van der Waals surface area (Å²) in [5.74, 6) is 1.74. The van der Waals surface area contributed by atoms with Gasteiger partial charge in [-0.2, -0.15) is 0 Å². The number of aliphatic imine (C=N–C) groups is 1. The number of nitrogens with zero attached hydrogens (tertiary/aromatic N) is 1. The molecule has 0 saturated heterocycles. The fourth-order valence-electron chi connectivity index (χ4n) is 2.27. The maximum atomic E-state index is 11.7. The maximum absolute atomic E-state index is 11.7. The minimum atomic E-state index is 0. The molecule has 0 aromatic heterocycles. The van der Waals surface area contributed by atoms with Crippen LogP contribution in [0.15, 0.2) is 29.3 Å². The zero-order valence-corrected chi connectivity index (χ0v) is 16.9. The second kappa shape index (κ2) is 11.3. The van der Waals surface area contributed by atoms with Gasteiger partial charge in [-0.05, 0) is 49.8 Å². The van der Waals surface area contributed by atoms with Crippen molar-refractivity contribution in [3.63, 3.8) is 0 Å². The normalized spacial score (nSPS) is 13.8. The Morgan fingerprint density at radius 3 is 2.71 bits per heavy atom. The van der Waals surface area contributed by atoms with Crippen molar-refractivity contribution in [1.29, 1.82) is 0 Å². The van der Waals surface area contributed by atoms with Crippen LogP contribution in [0.4, 0.5) is 5.69 Å². The van der Waals surface area contributed by atoms with Crippen LogP contribution in [0.5, 0.6) is 0 Å². The predicted octanol–water partition coefficient (Wildman–Crippen LogP) is 3.51. The number of nitrogens with one attached hydrogen (secondary N) is 3. The molecule has 1 aromatic carbocycles. The Morgan fingerprint density at radius 1 is 1.25 bits per heavy atom. The number of carbonyl (C=O) groups is 1. The van der Waals surface area contributed by atoms with Crippen LogP contribution in [-0.4, -0.2) is 25.0 Å². The molecule has 1 aliphatic rings. The van der Waals surface area contributed by atoms with E-state index in [0.29, 0.717) is 13.0 Å². The van der Waals surface area contributed by atoms with E-state index >= 15 is 0 Å². The zero-order valence-electron chi connectivity index (χ0n) is 14.6. The molecule has 134 valence electrons. The van der Waals surface area contributed by atoms with Crippen molar-refractivity contribution in [2.45, 2.75) is 46.1 Å². The van der Waals surface area contributed by atoms with Crippen LogP contribution in [-0.2, 0) is 11.3 Å². The number of guanidine groups is 1. The predicted molar refractivity (Wildman–Crippen MR) is 111 cm³/mol. The van der Waals surface area contributed by atoms with Crippen LogP contribution >= 0.6 is 24.0 Å². The highest BCUT2D eigenvalue weighted by Crippen LogP contribution is 2.27. The standard InChI is InChI=1S/C18H28N4O.HI/c1-3-6-17(23)22-16-8-5-7-15(11-16)13-21-18(19-4-2)20-12-14-9-10-14;/h5,7-8,11,14H,3-4,6,9-10,12-13H2,1-2H3,(H,22,23)(H2,19,20,21);1H. The van der Waals surface area contributed by atoms with Gasteiger partial charge in [0.15, 0.2) is 5.96 Å². The minimum Gasteiger partial charge on any atom is -0.357 e. The molecule has 24 heavy (non-hydrogen) atoms. The van der Waals surface area contributed by atoms with Gasteiger partial charge in [0.05, 0.1) is 6.54 Å². The van der Waals surface area contributed by atoms with E-state index in [1.165, 1.54) is 12.8 Å². The van der Waals surface area contributed by atoms with Crippen molar-refractivity contribution >= 4 is 41.5 Å². The van der Waals surface area contributed by atoms with Gasteiger partial charge in [-0.15, -0.1) is 24.0 Å². The summed E-state index contributed by atoms with van der Waals surface area (Å²) in [6, 6.07) is 7.89. The molecule has 1 aliphatic carbocycles. The molecule has 0 aliphatic heterocycles. The SMILES string of the molecule is CCCC(=O)Nc1cccc(CN=C(NCC)NCC2CC2)c1.I. The first kappa shape index (κ1) is 20.7. The van der Waals surface area contributed by atoms with E-state index in [0.717, 1.165) is 42.6 Å². The highest BCUT2D eigenvalue weighted by Gasteiger charge is 2.20. The van der Waals surface area contributed by atoms with Crippen molar-refractivity contribution in [1.82, 2.24) is 10.6 Å². The van der Waals surface area contributed by atoms with Crippen molar-refractivity contribution in [3.05, 3.63) is 29.8 Å². The fourth-order valence-corrected chi connectivity index (χ4v) is 2.27. The number of amides is 1. The van der Waals surface area contributed by atoms with Crippen LogP contribution in [0, 0.1) is 5.92 Å². The summed E-state index contributed by atoms with van der Waals surface area (Å²) >= 11 is 0. The first-order valence-electron chi connectivity index (χ1n) is 8.62. The van der Waals surface area contributed by atoms with Crippen molar-refractivity contribution in [3.8, 4) is 0 Å². The lowest BCUT2D eigenvalue weighted by Crippen LogP contribution is -2.38. The van der Waals surface area contributed by atoms with Crippen LogP contribution in [0.1, 0.15) is 45.1 Å². The van der Waals surface area contributed by atoms with Crippen LogP contribution in [0.25, 0.3) is 0 Å². The van der Waals surface area contributed by atoms with Crippen LogP contribution in [0.3, 0.4) is 0 Å². The summed E-state index contributed by atoms with van der Waals surface area (Å²) in [5, 5.41) is 9.58. The van der Waals surface area contributed by atoms with Gasteiger partial charge in [-0.1, -0.05) is 19.1 Å². The Morgan fingerprint density at radius 2 is 2.04 bits per heavy atom. The Balaban J connectivity index is 0.00000288. The maximum Gasteiger partial charge on any atom is 0.224 e. The molecule has 0 bridgehead atoms. The molecule has 0 heterocycles. The van der Waals surface area contributed by atoms with E-state index in [2.05, 4.69) is 27.9 Å². The lowest BCUT2D eigenvalue weighted by Gasteiger charge is -2.11. The van der Waals surface area contributed by atoms with Gasteiger partial charge in [0.25, 0.3) is 0 Å². The number of rotatable bonds is 8. The quantitative estimate of drug-likeness (QED) is 0.327. The molecule has 0 unspecified atom stereocenters. The third-order valence-corrected chi connectivity index (χ3v) is 3.71. The largest absolute Gasteiger partial charge is 0.357 e. The summed E-state index contributed by atoms with van der Waals surface area (Å²) in [6.45, 7) is 6.51. The number of hydrogen-bond acceptors (Lipinski definition) is 2. The second-order valence-electron chi connectivity index (χ2n) is 6.02. The third-order valence-electron chi connectivity index (χ3n) is 3.71. The number of benzene rings is 1. The van der Waals surface area contributed by atoms with Gasteiger partial charge in [-0.25, -0.2) is 4.99 Å². The van der Waals surface area contributed by atoms with Crippen molar-refractivity contribution in [2.24, 2.45) is 10.9 Å². The number of carbonyl (C=O) groups excluding carboxylic acids is 1. The molecule has 5 nitrogen and oxygen atoms in total. The number of hydrogen-bond donors (Lipinski definition) is 3. The molecule has 6 heteroatoms. The van der Waals surface area contributed by atoms with E-state index in [-0.39, 0.29) is 29.9 Å². The summed E-state index contributed by atoms with van der Waals surface area (Å²) in [4.78, 5) is 16.3. The summed E-state index contributed by atoms with van der Waals surface area (Å²) < 4.78 is 0. The summed E-state index contributed by atoms with van der Waals surface area (Å²) in [7, 11) is 0. The zero-order chi connectivity index (χ0) is 16.5. The summed E-state index contributed by atoms with van der Waals surface area (Å²) in [5.41, 5.74) is 1.93. The van der Waals surface area contributed by atoms with Gasteiger partial charge < -0.3 is 16.0 Å². The van der Waals surface area contributed by atoms with E-state index in [9.17, 15) is 4.79 Å². The molecule has 0 radical (unpaired) electrons. The third kappa shape index (κ3) is 7.99. The van der Waals surface area contributed by atoms with Gasteiger partial charge in [0.1, 0.15) is 0 Å². The molecular formula is C18H29IN4O. The van der Waals surface area contributed by atoms with E-state index in [1.807, 2.05) is 31.2 Å². The average Bonchev–Trinajstić information content (AvgIpc) is 3.35. The minimum absolute atomic E-state index is 0. The first-order valence-corrected chi connectivity index (χ1v) is 8.62. The average molecular weight is 444 g/mol. The van der Waals surface area contributed by atoms with Crippen LogP contribution in [0.2, 0.25) is 0 Å². The lowest BCUT2D eigenvalue weighted by molar-refractivity contribution is -0.116. The molecule has 1 aromatic rings. The fraction of sp³-hybridized carbons (Fsp3) is 0.556. The summed E-state index contributed by atoms with van der Waals surface area (Å²) in [6.07, 6.45) is 4.06. The highest BCUT2D eigenvalue weighted by molar-refractivity contribution is 14.0. The topological polar surface area (TPSA) is 65.5 Å². The molecule has 0 spiro atoms. The molecule has 1 saturated carbocycles. The Kier molecular flexibility index (Phi) is 9.75. The molecule has 1 amide bonds. The van der Waals surface area contributed by atoms with Gasteiger partial charge in [0.2, 0.25) is 5.91 Å². The molecular weight excluding hydrogens is 415 g/mol. The molecule has 2 rings (SSSR count). The Hall–Kier alpha value is -1.31. The smallest absolute Gasteiger partial charge is 0.224 e. The highest BCUT2D eigenvalue weighted by atomic mass is 127. The second-order valence-corrected chi connectivity index (χ2v) is 6.02. The number of anilines is 1. The van der Waals surface area contributed by atoms with Gasteiger partial charge >= 0.3 is 0 Å². The van der Waals surface area contributed by atoms with Gasteiger partial charge in [0, 0.05) is 25.2 Å². The van der Waals surface area contributed by atoms with Gasteiger partial charge in [-0.3, -0.25) is 4.79 Å².